The molecule has 0 bridgehead atoms. The maximum atomic E-state index is 14.6. The van der Waals surface area contributed by atoms with Crippen molar-refractivity contribution >= 4 is 17.3 Å². The minimum Gasteiger partial charge on any atom is -0.476 e. The number of nitrogens with two attached hydrogens (primary N) is 1. The Balaban J connectivity index is 1.18. The molecule has 1 aliphatic carbocycles. The molecule has 3 aromatic rings. The van der Waals surface area contributed by atoms with Crippen LogP contribution in [0.3, 0.4) is 0 Å². The van der Waals surface area contributed by atoms with Crippen LogP contribution in [0.15, 0.2) is 24.3 Å². The fourth-order valence-electron chi connectivity index (χ4n) is 8.96. The second-order valence-electron chi connectivity index (χ2n) is 14.5. The van der Waals surface area contributed by atoms with E-state index in [0.29, 0.717) is 68.5 Å². The number of carbonyl (C=O) groups is 1. The molecule has 1 amide bonds. The Bertz CT molecular complexity index is 1820. The van der Waals surface area contributed by atoms with E-state index in [2.05, 4.69) is 21.0 Å². The molecule has 2 aromatic heterocycles. The summed E-state index contributed by atoms with van der Waals surface area (Å²) in [6.45, 7) is 4.14. The van der Waals surface area contributed by atoms with E-state index in [1.807, 2.05) is 28.9 Å². The molecule has 252 valence electrons. The summed E-state index contributed by atoms with van der Waals surface area (Å²) in [5, 5.41) is 14.8. The molecule has 0 unspecified atom stereocenters. The smallest absolute Gasteiger partial charge is 0.273 e. The van der Waals surface area contributed by atoms with Crippen LogP contribution in [0, 0.1) is 11.3 Å². The maximum absolute atomic E-state index is 14.6. The number of rotatable bonds is 5. The van der Waals surface area contributed by atoms with Crippen LogP contribution in [0.1, 0.15) is 82.7 Å². The number of pyridine rings is 1. The van der Waals surface area contributed by atoms with Gasteiger partial charge >= 0.3 is 0 Å². The first-order valence-electron chi connectivity index (χ1n) is 17.2. The summed E-state index contributed by atoms with van der Waals surface area (Å²) < 4.78 is 30.0. The Morgan fingerprint density at radius 1 is 1.21 bits per heavy atom. The van der Waals surface area contributed by atoms with Gasteiger partial charge in [-0.2, -0.15) is 10.4 Å². The number of hydrogen-bond acceptors (Lipinski definition) is 9. The molecule has 2 fully saturated rings. The molecule has 2 N–H and O–H groups in total. The third-order valence-corrected chi connectivity index (χ3v) is 11.3. The van der Waals surface area contributed by atoms with Crippen LogP contribution in [-0.2, 0) is 42.9 Å². The average Bonchev–Trinajstić information content (AvgIpc) is 3.70. The fourth-order valence-corrected chi connectivity index (χ4v) is 8.96. The Morgan fingerprint density at radius 3 is 2.92 bits per heavy atom. The number of aryl methyl sites for hydroxylation is 2. The molecular weight excluding hydrogens is 611 g/mol. The third kappa shape index (κ3) is 5.10. The molecule has 4 aliphatic heterocycles. The highest BCUT2D eigenvalue weighted by Gasteiger charge is 2.50. The Labute approximate surface area is 280 Å². The van der Waals surface area contributed by atoms with Gasteiger partial charge in [0.25, 0.3) is 5.91 Å². The molecule has 6 heterocycles. The third-order valence-electron chi connectivity index (χ3n) is 11.3. The SMILES string of the molecule is CN(C)C(=O)c1cc2n(n1)CCCN(c1cc(OC[C@@]34CCCN3C[C@H](F)C4)nc3c1CO[C@]1(CCCc4ccc(N)c(C#N)c41)C3)C2. The zero-order valence-corrected chi connectivity index (χ0v) is 27.8. The lowest BCUT2D eigenvalue weighted by Gasteiger charge is -2.43. The number of nitrogen functional groups attached to an aromatic ring is 1. The zero-order chi connectivity index (χ0) is 33.2. The van der Waals surface area contributed by atoms with Gasteiger partial charge in [0.1, 0.15) is 24.4 Å². The molecule has 0 radical (unpaired) electrons. The minimum atomic E-state index is -0.836. The molecule has 3 atom stereocenters. The largest absolute Gasteiger partial charge is 0.476 e. The number of ether oxygens (including phenoxy) is 2. The van der Waals surface area contributed by atoms with Gasteiger partial charge in [-0.05, 0) is 62.8 Å². The number of carbonyl (C=O) groups excluding carboxylic acids is 1. The van der Waals surface area contributed by atoms with E-state index >= 15 is 0 Å². The first-order chi connectivity index (χ1) is 23.2. The van der Waals surface area contributed by atoms with Crippen LogP contribution in [0.4, 0.5) is 15.8 Å². The van der Waals surface area contributed by atoms with Crippen molar-refractivity contribution in [3.8, 4) is 11.9 Å². The number of alkyl halides is 1. The molecule has 0 saturated carbocycles. The van der Waals surface area contributed by atoms with Crippen molar-refractivity contribution < 1.29 is 18.7 Å². The highest BCUT2D eigenvalue weighted by molar-refractivity contribution is 5.92. The van der Waals surface area contributed by atoms with Crippen molar-refractivity contribution in [2.24, 2.45) is 0 Å². The van der Waals surface area contributed by atoms with Gasteiger partial charge < -0.3 is 25.0 Å². The lowest BCUT2D eigenvalue weighted by atomic mass is 9.72. The van der Waals surface area contributed by atoms with Crippen molar-refractivity contribution in [1.82, 2.24) is 24.6 Å². The first kappa shape index (κ1) is 31.1. The van der Waals surface area contributed by atoms with E-state index in [1.165, 1.54) is 0 Å². The molecule has 1 aromatic carbocycles. The minimum absolute atomic E-state index is 0.120. The van der Waals surface area contributed by atoms with E-state index < -0.39 is 11.8 Å². The van der Waals surface area contributed by atoms with Crippen molar-refractivity contribution in [2.45, 2.75) is 88.4 Å². The molecular formula is C36H43FN8O3. The van der Waals surface area contributed by atoms with E-state index in [4.69, 9.17) is 20.2 Å². The van der Waals surface area contributed by atoms with Crippen molar-refractivity contribution in [2.75, 3.05) is 51.0 Å². The van der Waals surface area contributed by atoms with Crippen LogP contribution in [0.2, 0.25) is 0 Å². The van der Waals surface area contributed by atoms with E-state index in [1.54, 1.807) is 19.0 Å². The van der Waals surface area contributed by atoms with E-state index in [0.717, 1.165) is 85.4 Å². The Kier molecular flexibility index (Phi) is 7.60. The highest BCUT2D eigenvalue weighted by atomic mass is 19.1. The number of nitrogens with zero attached hydrogens (tertiary/aromatic N) is 7. The Hall–Kier alpha value is -4.21. The maximum Gasteiger partial charge on any atom is 0.273 e. The van der Waals surface area contributed by atoms with Gasteiger partial charge in [0.2, 0.25) is 5.88 Å². The highest BCUT2D eigenvalue weighted by Crippen LogP contribution is 2.49. The molecule has 8 rings (SSSR count). The van der Waals surface area contributed by atoms with Crippen LogP contribution in [-0.4, -0.2) is 82.5 Å². The number of benzene rings is 1. The van der Waals surface area contributed by atoms with Gasteiger partial charge in [-0.15, -0.1) is 0 Å². The number of nitriles is 1. The standard InChI is InChI=1S/C36H43FN8O3/c1-42(2)34(46)29-14-25-20-43(11-5-13-45(25)41-29)31-15-32(47-22-35-9-4-12-44(35)19-24(37)16-35)40-30-17-36(48-21-27(30)31)10-3-6-23-7-8-28(39)26(18-38)33(23)36/h7-8,14-15,24H,3-6,9-13,16-17,19-22,39H2,1-2H3/t24-,35+,36-/m1/s1. The first-order valence-corrected chi connectivity index (χ1v) is 17.2. The summed E-state index contributed by atoms with van der Waals surface area (Å²) in [7, 11) is 3.47. The topological polar surface area (TPSA) is 126 Å². The van der Waals surface area contributed by atoms with Gasteiger partial charge in [0, 0.05) is 75.1 Å². The van der Waals surface area contributed by atoms with Gasteiger partial charge in [-0.25, -0.2) is 9.37 Å². The van der Waals surface area contributed by atoms with Gasteiger partial charge in [0.15, 0.2) is 5.69 Å². The molecule has 11 nitrogen and oxygen atoms in total. The predicted octanol–water partition coefficient (Wildman–Crippen LogP) is 4.10. The number of halogens is 1. The number of amides is 1. The van der Waals surface area contributed by atoms with E-state index in [-0.39, 0.29) is 11.4 Å². The van der Waals surface area contributed by atoms with Crippen LogP contribution in [0.25, 0.3) is 0 Å². The van der Waals surface area contributed by atoms with Gasteiger partial charge in [0.05, 0.1) is 35.6 Å². The lowest BCUT2D eigenvalue weighted by Crippen LogP contribution is -2.43. The fraction of sp³-hybridized carbons (Fsp3) is 0.556. The van der Waals surface area contributed by atoms with E-state index in [9.17, 15) is 14.4 Å². The summed E-state index contributed by atoms with van der Waals surface area (Å²) in [4.78, 5) is 24.0. The van der Waals surface area contributed by atoms with Crippen LogP contribution in [0.5, 0.6) is 5.88 Å². The average molecular weight is 655 g/mol. The summed E-state index contributed by atoms with van der Waals surface area (Å²) in [5.74, 6) is 0.403. The molecule has 48 heavy (non-hydrogen) atoms. The van der Waals surface area contributed by atoms with Crippen LogP contribution < -0.4 is 15.4 Å². The molecule has 2 saturated heterocycles. The number of hydrogen-bond donors (Lipinski definition) is 1. The van der Waals surface area contributed by atoms with Gasteiger partial charge in [-0.3, -0.25) is 14.4 Å². The summed E-state index contributed by atoms with van der Waals surface area (Å²) in [6.07, 6.45) is 5.53. The lowest BCUT2D eigenvalue weighted by molar-refractivity contribution is -0.0855. The summed E-state index contributed by atoms with van der Waals surface area (Å²) >= 11 is 0. The Morgan fingerprint density at radius 2 is 2.08 bits per heavy atom. The predicted molar refractivity (Wildman–Crippen MR) is 177 cm³/mol. The normalized spacial score (nSPS) is 26.3. The number of aromatic nitrogens is 3. The van der Waals surface area contributed by atoms with Crippen LogP contribution >= 0.6 is 0 Å². The zero-order valence-electron chi connectivity index (χ0n) is 27.8. The second kappa shape index (κ2) is 11.7. The van der Waals surface area contributed by atoms with Gasteiger partial charge in [-0.1, -0.05) is 6.07 Å². The number of fused-ring (bicyclic) bond motifs is 5. The molecule has 12 heteroatoms. The summed E-state index contributed by atoms with van der Waals surface area (Å²) in [5.41, 5.74) is 12.6. The second-order valence-corrected chi connectivity index (χ2v) is 14.5. The van der Waals surface area contributed by atoms with Crippen molar-refractivity contribution in [1.29, 1.82) is 5.26 Å². The molecule has 1 spiro atoms. The number of anilines is 2. The van der Waals surface area contributed by atoms with Crippen molar-refractivity contribution in [3.05, 3.63) is 63.6 Å². The molecule has 5 aliphatic rings. The monoisotopic (exact) mass is 654 g/mol. The quantitative estimate of drug-likeness (QED) is 0.405. The van der Waals surface area contributed by atoms with Crippen molar-refractivity contribution in [3.63, 3.8) is 0 Å². The summed E-state index contributed by atoms with van der Waals surface area (Å²) in [6, 6.07) is 10.1.